The molecule has 1 aromatic heterocycles. The molecule has 0 amide bonds. The SMILES string of the molecule is CCc1c(C(C)C)nc(C(C)C)c(CC)c1-c1ccccc1C#C[Si](C)(C)C. The largest absolute Gasteiger partial charge is 0.257 e. The number of pyridine rings is 1. The highest BCUT2D eigenvalue weighted by atomic mass is 28.3. The minimum Gasteiger partial charge on any atom is -0.257 e. The molecule has 1 heterocycles. The maximum absolute atomic E-state index is 5.19. The zero-order chi connectivity index (χ0) is 21.1. The first-order chi connectivity index (χ1) is 13.1. The summed E-state index contributed by atoms with van der Waals surface area (Å²) in [5.74, 6) is 4.37. The van der Waals surface area contributed by atoms with Gasteiger partial charge in [-0.05, 0) is 53.0 Å². The van der Waals surface area contributed by atoms with Crippen molar-refractivity contribution < 1.29 is 0 Å². The molecule has 0 unspecified atom stereocenters. The molecule has 1 nitrogen and oxygen atoms in total. The van der Waals surface area contributed by atoms with Crippen LogP contribution in [0.2, 0.25) is 19.6 Å². The van der Waals surface area contributed by atoms with E-state index < -0.39 is 8.07 Å². The third-order valence-corrected chi connectivity index (χ3v) is 5.91. The molecule has 28 heavy (non-hydrogen) atoms. The minimum atomic E-state index is -1.44. The summed E-state index contributed by atoms with van der Waals surface area (Å²) in [4.78, 5) is 5.19. The highest BCUT2D eigenvalue weighted by molar-refractivity contribution is 6.83. The van der Waals surface area contributed by atoms with Crippen molar-refractivity contribution in [2.45, 2.75) is 85.9 Å². The van der Waals surface area contributed by atoms with Gasteiger partial charge in [0.15, 0.2) is 0 Å². The Labute approximate surface area is 174 Å². The summed E-state index contributed by atoms with van der Waals surface area (Å²) in [6.07, 6.45) is 1.99. The van der Waals surface area contributed by atoms with E-state index >= 15 is 0 Å². The quantitative estimate of drug-likeness (QED) is 0.383. The van der Waals surface area contributed by atoms with Gasteiger partial charge in [-0.3, -0.25) is 4.98 Å². The normalized spacial score (nSPS) is 11.7. The summed E-state index contributed by atoms with van der Waals surface area (Å²) in [5.41, 5.74) is 12.7. The van der Waals surface area contributed by atoms with Crippen LogP contribution < -0.4 is 0 Å². The number of benzene rings is 1. The molecule has 2 rings (SSSR count). The predicted octanol–water partition coefficient (Wildman–Crippen LogP) is 7.35. The van der Waals surface area contributed by atoms with Crippen molar-refractivity contribution >= 4 is 8.07 Å². The molecule has 0 radical (unpaired) electrons. The van der Waals surface area contributed by atoms with E-state index in [1.54, 1.807) is 0 Å². The Morgan fingerprint density at radius 2 is 1.36 bits per heavy atom. The van der Waals surface area contributed by atoms with Crippen LogP contribution in [0.4, 0.5) is 0 Å². The van der Waals surface area contributed by atoms with Gasteiger partial charge in [-0.15, -0.1) is 5.54 Å². The zero-order valence-electron chi connectivity index (χ0n) is 19.3. The molecule has 0 atom stereocenters. The lowest BCUT2D eigenvalue weighted by Crippen LogP contribution is -2.16. The summed E-state index contributed by atoms with van der Waals surface area (Å²) in [7, 11) is -1.44. The number of hydrogen-bond acceptors (Lipinski definition) is 1. The van der Waals surface area contributed by atoms with Crippen LogP contribution in [0, 0.1) is 11.5 Å². The van der Waals surface area contributed by atoms with E-state index in [2.05, 4.69) is 96.9 Å². The van der Waals surface area contributed by atoms with Crippen LogP contribution in [0.15, 0.2) is 24.3 Å². The van der Waals surface area contributed by atoms with E-state index in [4.69, 9.17) is 4.98 Å². The van der Waals surface area contributed by atoms with Gasteiger partial charge < -0.3 is 0 Å². The van der Waals surface area contributed by atoms with Gasteiger partial charge in [0.2, 0.25) is 0 Å². The molecule has 0 aliphatic carbocycles. The van der Waals surface area contributed by atoms with Crippen LogP contribution in [0.1, 0.15) is 81.5 Å². The smallest absolute Gasteiger partial charge is 0.129 e. The summed E-state index contributed by atoms with van der Waals surface area (Å²) >= 11 is 0. The van der Waals surface area contributed by atoms with E-state index in [0.29, 0.717) is 11.8 Å². The van der Waals surface area contributed by atoms with E-state index in [1.165, 1.54) is 33.6 Å². The molecular weight excluding hydrogens is 354 g/mol. The molecule has 2 heteroatoms. The highest BCUT2D eigenvalue weighted by Crippen LogP contribution is 2.38. The van der Waals surface area contributed by atoms with Crippen molar-refractivity contribution in [3.63, 3.8) is 0 Å². The number of nitrogens with zero attached hydrogens (tertiary/aromatic N) is 1. The Bertz CT molecular complexity index is 855. The topological polar surface area (TPSA) is 12.9 Å². The van der Waals surface area contributed by atoms with Crippen molar-refractivity contribution in [2.75, 3.05) is 0 Å². The number of rotatable bonds is 5. The number of hydrogen-bond donors (Lipinski definition) is 0. The first-order valence-electron chi connectivity index (χ1n) is 10.8. The molecule has 0 aliphatic heterocycles. The Balaban J connectivity index is 2.94. The van der Waals surface area contributed by atoms with Gasteiger partial charge in [0, 0.05) is 17.0 Å². The molecule has 0 spiro atoms. The maximum atomic E-state index is 5.19. The fourth-order valence-corrected chi connectivity index (χ4v) is 4.27. The Kier molecular flexibility index (Phi) is 7.29. The van der Waals surface area contributed by atoms with Crippen LogP contribution in [0.3, 0.4) is 0 Å². The maximum Gasteiger partial charge on any atom is 0.129 e. The van der Waals surface area contributed by atoms with E-state index in [-0.39, 0.29) is 0 Å². The van der Waals surface area contributed by atoms with Crippen molar-refractivity contribution in [2.24, 2.45) is 0 Å². The summed E-state index contributed by atoms with van der Waals surface area (Å²) in [6, 6.07) is 8.71. The number of aromatic nitrogens is 1. The van der Waals surface area contributed by atoms with Crippen LogP contribution in [-0.4, -0.2) is 13.1 Å². The molecule has 0 bridgehead atoms. The third-order valence-electron chi connectivity index (χ3n) is 5.03. The van der Waals surface area contributed by atoms with E-state index in [0.717, 1.165) is 18.4 Å². The Morgan fingerprint density at radius 1 is 0.857 bits per heavy atom. The van der Waals surface area contributed by atoms with Gasteiger partial charge in [-0.2, -0.15) is 0 Å². The fourth-order valence-electron chi connectivity index (χ4n) is 3.76. The van der Waals surface area contributed by atoms with Gasteiger partial charge in [-0.25, -0.2) is 0 Å². The second-order valence-electron chi connectivity index (χ2n) is 9.28. The molecule has 0 N–H and O–H groups in total. The van der Waals surface area contributed by atoms with Crippen molar-refractivity contribution in [3.05, 3.63) is 52.3 Å². The minimum absolute atomic E-state index is 0.414. The second-order valence-corrected chi connectivity index (χ2v) is 14.0. The average Bonchev–Trinajstić information content (AvgIpc) is 2.63. The molecule has 0 saturated carbocycles. The van der Waals surface area contributed by atoms with E-state index in [1.807, 2.05) is 0 Å². The summed E-state index contributed by atoms with van der Waals surface area (Å²) < 4.78 is 0. The molecule has 0 saturated heterocycles. The highest BCUT2D eigenvalue weighted by Gasteiger charge is 2.23. The third kappa shape index (κ3) is 4.95. The standard InChI is InChI=1S/C26H37NSi/c1-10-21-24(22(11-2)26(19(5)6)27-25(21)18(3)4)23-15-13-12-14-20(23)16-17-28(7,8)9/h12-15,18-19H,10-11H2,1-9H3. The molecule has 2 aromatic rings. The predicted molar refractivity (Wildman–Crippen MR) is 127 cm³/mol. The molecule has 150 valence electrons. The lowest BCUT2D eigenvalue weighted by atomic mass is 9.84. The summed E-state index contributed by atoms with van der Waals surface area (Å²) in [5, 5.41) is 0. The Hall–Kier alpha value is -1.85. The summed E-state index contributed by atoms with van der Waals surface area (Å²) in [6.45, 7) is 20.5. The molecular formula is C26H37NSi. The van der Waals surface area contributed by atoms with Crippen LogP contribution >= 0.6 is 0 Å². The van der Waals surface area contributed by atoms with Gasteiger partial charge in [0.1, 0.15) is 8.07 Å². The fraction of sp³-hybridized carbons (Fsp3) is 0.500. The second kappa shape index (κ2) is 9.10. The first-order valence-corrected chi connectivity index (χ1v) is 14.3. The lowest BCUT2D eigenvalue weighted by Gasteiger charge is -2.24. The van der Waals surface area contributed by atoms with E-state index in [9.17, 15) is 0 Å². The van der Waals surface area contributed by atoms with Crippen molar-refractivity contribution in [1.29, 1.82) is 0 Å². The van der Waals surface area contributed by atoms with Crippen molar-refractivity contribution in [3.8, 4) is 22.6 Å². The Morgan fingerprint density at radius 3 is 1.79 bits per heavy atom. The van der Waals surface area contributed by atoms with Crippen LogP contribution in [-0.2, 0) is 12.8 Å². The van der Waals surface area contributed by atoms with Gasteiger partial charge >= 0.3 is 0 Å². The average molecular weight is 392 g/mol. The molecule has 1 aromatic carbocycles. The van der Waals surface area contributed by atoms with Crippen molar-refractivity contribution in [1.82, 2.24) is 4.98 Å². The zero-order valence-corrected chi connectivity index (χ0v) is 20.3. The molecule has 0 aliphatic rings. The van der Waals surface area contributed by atoms with Gasteiger partial charge in [0.25, 0.3) is 0 Å². The molecule has 0 fully saturated rings. The van der Waals surface area contributed by atoms with Gasteiger partial charge in [0.05, 0.1) is 0 Å². The van der Waals surface area contributed by atoms with Crippen LogP contribution in [0.5, 0.6) is 0 Å². The first kappa shape index (κ1) is 22.4. The van der Waals surface area contributed by atoms with Gasteiger partial charge in [-0.1, -0.05) is 85.3 Å². The monoisotopic (exact) mass is 391 g/mol. The lowest BCUT2D eigenvalue weighted by molar-refractivity contribution is 0.738. The van der Waals surface area contributed by atoms with Crippen LogP contribution in [0.25, 0.3) is 11.1 Å².